The number of likely N-dealkylation sites (N-methyl/N-ethyl adjacent to an activating group) is 1. The van der Waals surface area contributed by atoms with Crippen molar-refractivity contribution in [2.24, 2.45) is 0 Å². The summed E-state index contributed by atoms with van der Waals surface area (Å²) < 4.78 is 0. The minimum atomic E-state index is -0.641. The highest BCUT2D eigenvalue weighted by Gasteiger charge is 2.26. The lowest BCUT2D eigenvalue weighted by molar-refractivity contribution is -0.139. The molecule has 0 heterocycles. The fourth-order valence-electron chi connectivity index (χ4n) is 2.55. The lowest BCUT2D eigenvalue weighted by atomic mass is 10.1. The highest BCUT2D eigenvalue weighted by atomic mass is 35.5. The van der Waals surface area contributed by atoms with E-state index in [1.165, 1.54) is 11.9 Å². The molecule has 0 aliphatic carbocycles. The van der Waals surface area contributed by atoms with Gasteiger partial charge >= 0.3 is 0 Å². The Morgan fingerprint density at radius 1 is 1.08 bits per heavy atom. The quantitative estimate of drug-likeness (QED) is 0.765. The maximum absolute atomic E-state index is 12.9. The van der Waals surface area contributed by atoms with Gasteiger partial charge in [0.05, 0.1) is 6.42 Å². The fourth-order valence-corrected chi connectivity index (χ4v) is 3.24. The topological polar surface area (TPSA) is 49.4 Å². The predicted octanol–water partition coefficient (Wildman–Crippen LogP) is 4.35. The van der Waals surface area contributed by atoms with Gasteiger partial charge < -0.3 is 10.2 Å². The molecule has 0 aromatic heterocycles. The van der Waals surface area contributed by atoms with Crippen LogP contribution in [0.2, 0.25) is 15.1 Å². The van der Waals surface area contributed by atoms with Crippen molar-refractivity contribution in [3.05, 3.63) is 68.7 Å². The third-order valence-electron chi connectivity index (χ3n) is 4.01. The molecule has 7 heteroatoms. The maximum atomic E-state index is 12.9. The third kappa shape index (κ3) is 5.37. The van der Waals surface area contributed by atoms with Crippen LogP contribution in [-0.2, 0) is 22.6 Å². The van der Waals surface area contributed by atoms with Gasteiger partial charge in [-0.1, -0.05) is 53.0 Å². The van der Waals surface area contributed by atoms with E-state index in [0.717, 1.165) is 5.56 Å². The van der Waals surface area contributed by atoms with Gasteiger partial charge in [-0.15, -0.1) is 0 Å². The molecule has 2 rings (SSSR count). The number of nitrogens with zero attached hydrogens (tertiary/aromatic N) is 1. The van der Waals surface area contributed by atoms with Crippen LogP contribution in [0.15, 0.2) is 42.5 Å². The molecule has 0 aliphatic heterocycles. The Kier molecular flexibility index (Phi) is 7.33. The summed E-state index contributed by atoms with van der Waals surface area (Å²) in [5.41, 5.74) is 1.49. The van der Waals surface area contributed by atoms with Crippen molar-refractivity contribution in [3.8, 4) is 0 Å². The first kappa shape index (κ1) is 20.6. The normalized spacial score (nSPS) is 11.7. The number of nitrogens with one attached hydrogen (secondary N) is 1. The van der Waals surface area contributed by atoms with Gasteiger partial charge in [-0.3, -0.25) is 9.59 Å². The van der Waals surface area contributed by atoms with E-state index in [1.54, 1.807) is 43.3 Å². The average molecular weight is 414 g/mol. The molecule has 4 nitrogen and oxygen atoms in total. The second-order valence-electron chi connectivity index (χ2n) is 5.85. The fraction of sp³-hybridized carbons (Fsp3) is 0.263. The van der Waals surface area contributed by atoms with Crippen LogP contribution in [0.5, 0.6) is 0 Å². The van der Waals surface area contributed by atoms with Crippen LogP contribution in [0.1, 0.15) is 18.1 Å². The van der Waals surface area contributed by atoms with Crippen LogP contribution in [-0.4, -0.2) is 29.8 Å². The van der Waals surface area contributed by atoms with Gasteiger partial charge in [0.15, 0.2) is 0 Å². The first-order valence-electron chi connectivity index (χ1n) is 8.01. The Morgan fingerprint density at radius 2 is 1.77 bits per heavy atom. The lowest BCUT2D eigenvalue weighted by Gasteiger charge is -2.28. The number of carbonyl (C=O) groups excluding carboxylic acids is 2. The molecular weight excluding hydrogens is 395 g/mol. The van der Waals surface area contributed by atoms with Crippen molar-refractivity contribution in [1.29, 1.82) is 0 Å². The van der Waals surface area contributed by atoms with Gasteiger partial charge in [0, 0.05) is 28.7 Å². The molecular formula is C19H19Cl3N2O2. The molecule has 0 spiro atoms. The van der Waals surface area contributed by atoms with E-state index in [2.05, 4.69) is 5.32 Å². The van der Waals surface area contributed by atoms with Crippen LogP contribution in [0, 0.1) is 0 Å². The average Bonchev–Trinajstić information content (AvgIpc) is 2.60. The van der Waals surface area contributed by atoms with Gasteiger partial charge in [-0.25, -0.2) is 0 Å². The summed E-state index contributed by atoms with van der Waals surface area (Å²) in [5.74, 6) is -0.465. The Labute approximate surface area is 168 Å². The van der Waals surface area contributed by atoms with E-state index >= 15 is 0 Å². The maximum Gasteiger partial charge on any atom is 0.242 e. The minimum Gasteiger partial charge on any atom is -0.357 e. The van der Waals surface area contributed by atoms with E-state index in [-0.39, 0.29) is 24.8 Å². The van der Waals surface area contributed by atoms with Gasteiger partial charge in [0.25, 0.3) is 0 Å². The second-order valence-corrected chi connectivity index (χ2v) is 7.13. The van der Waals surface area contributed by atoms with Crippen molar-refractivity contribution in [1.82, 2.24) is 10.2 Å². The van der Waals surface area contributed by atoms with E-state index in [4.69, 9.17) is 34.8 Å². The lowest BCUT2D eigenvalue weighted by Crippen LogP contribution is -2.47. The van der Waals surface area contributed by atoms with E-state index in [9.17, 15) is 9.59 Å². The summed E-state index contributed by atoms with van der Waals surface area (Å²) in [5, 5.41) is 4.07. The number of amides is 2. The number of benzene rings is 2. The molecule has 26 heavy (non-hydrogen) atoms. The molecule has 2 aromatic rings. The number of carbonyl (C=O) groups is 2. The summed E-state index contributed by atoms with van der Waals surface area (Å²) in [4.78, 5) is 26.5. The standard InChI is InChI=1S/C19H19Cl3N2O2/c1-12(19(26)23-2)24(11-13-4-3-5-15(20)8-13)18(25)9-14-6-7-16(21)10-17(14)22/h3-8,10,12H,9,11H2,1-2H3,(H,23,26)/t12-/m1/s1. The van der Waals surface area contributed by atoms with Crippen LogP contribution >= 0.6 is 34.8 Å². The number of hydrogen-bond donors (Lipinski definition) is 1. The van der Waals surface area contributed by atoms with Crippen molar-refractivity contribution < 1.29 is 9.59 Å². The Hall–Kier alpha value is -1.75. The zero-order valence-electron chi connectivity index (χ0n) is 14.4. The molecule has 0 aliphatic rings. The SMILES string of the molecule is CNC(=O)[C@@H](C)N(Cc1cccc(Cl)c1)C(=O)Cc1ccc(Cl)cc1Cl. The largest absolute Gasteiger partial charge is 0.357 e. The highest BCUT2D eigenvalue weighted by Crippen LogP contribution is 2.23. The Bertz CT molecular complexity index is 811. The molecule has 2 aromatic carbocycles. The van der Waals surface area contributed by atoms with Gasteiger partial charge in [0.1, 0.15) is 6.04 Å². The molecule has 0 saturated heterocycles. The minimum absolute atomic E-state index is 0.0674. The molecule has 0 unspecified atom stereocenters. The van der Waals surface area contributed by atoms with Crippen LogP contribution in [0.4, 0.5) is 0 Å². The number of hydrogen-bond acceptors (Lipinski definition) is 2. The van der Waals surface area contributed by atoms with E-state index in [1.807, 2.05) is 6.07 Å². The van der Waals surface area contributed by atoms with Gasteiger partial charge in [-0.2, -0.15) is 0 Å². The first-order chi connectivity index (χ1) is 12.3. The molecule has 138 valence electrons. The Balaban J connectivity index is 2.26. The number of halogens is 3. The molecule has 0 saturated carbocycles. The second kappa shape index (κ2) is 9.26. The van der Waals surface area contributed by atoms with Crippen LogP contribution in [0.3, 0.4) is 0 Å². The highest BCUT2D eigenvalue weighted by molar-refractivity contribution is 6.35. The summed E-state index contributed by atoms with van der Waals surface area (Å²) in [6.45, 7) is 1.95. The summed E-state index contributed by atoms with van der Waals surface area (Å²) in [6, 6.07) is 11.5. The van der Waals surface area contributed by atoms with E-state index in [0.29, 0.717) is 20.6 Å². The predicted molar refractivity (Wildman–Crippen MR) is 106 cm³/mol. The van der Waals surface area contributed by atoms with Gasteiger partial charge in [0.2, 0.25) is 11.8 Å². The van der Waals surface area contributed by atoms with Gasteiger partial charge in [-0.05, 0) is 42.3 Å². The van der Waals surface area contributed by atoms with E-state index < -0.39 is 6.04 Å². The van der Waals surface area contributed by atoms with Crippen molar-refractivity contribution in [2.75, 3.05) is 7.05 Å². The smallest absolute Gasteiger partial charge is 0.242 e. The molecule has 0 bridgehead atoms. The van der Waals surface area contributed by atoms with Crippen LogP contribution in [0.25, 0.3) is 0 Å². The molecule has 0 radical (unpaired) electrons. The molecule has 1 atom stereocenters. The van der Waals surface area contributed by atoms with Crippen LogP contribution < -0.4 is 5.32 Å². The summed E-state index contributed by atoms with van der Waals surface area (Å²) in [7, 11) is 1.54. The Morgan fingerprint density at radius 3 is 2.38 bits per heavy atom. The zero-order valence-corrected chi connectivity index (χ0v) is 16.7. The molecule has 1 N–H and O–H groups in total. The third-order valence-corrected chi connectivity index (χ3v) is 4.83. The summed E-state index contributed by atoms with van der Waals surface area (Å²) >= 11 is 18.1. The first-order valence-corrected chi connectivity index (χ1v) is 9.14. The zero-order chi connectivity index (χ0) is 19.3. The van der Waals surface area contributed by atoms with Crippen molar-refractivity contribution >= 4 is 46.6 Å². The van der Waals surface area contributed by atoms with Crippen molar-refractivity contribution in [2.45, 2.75) is 25.9 Å². The summed E-state index contributed by atoms with van der Waals surface area (Å²) in [6.07, 6.45) is 0.0674. The molecule has 2 amide bonds. The van der Waals surface area contributed by atoms with Crippen molar-refractivity contribution in [3.63, 3.8) is 0 Å². The number of rotatable bonds is 6. The molecule has 0 fully saturated rings. The monoisotopic (exact) mass is 412 g/mol.